The third-order valence-electron chi connectivity index (χ3n) is 7.37. The summed E-state index contributed by atoms with van der Waals surface area (Å²) in [6, 6.07) is 13.9. The monoisotopic (exact) mass is 456 g/mol. The highest BCUT2D eigenvalue weighted by Gasteiger charge is 2.25. The average Bonchev–Trinajstić information content (AvgIpc) is 3.29. The van der Waals surface area contributed by atoms with Gasteiger partial charge in [-0.3, -0.25) is 0 Å². The molecule has 4 rings (SSSR count). The van der Waals surface area contributed by atoms with Crippen molar-refractivity contribution < 1.29 is 0 Å². The fourth-order valence-electron chi connectivity index (χ4n) is 4.57. The smallest absolute Gasteiger partial charge is 0.00525 e. The van der Waals surface area contributed by atoms with Gasteiger partial charge in [0.2, 0.25) is 0 Å². The first-order valence-corrected chi connectivity index (χ1v) is 13.0. The predicted octanol–water partition coefficient (Wildman–Crippen LogP) is 9.94. The van der Waals surface area contributed by atoms with Crippen LogP contribution in [0.2, 0.25) is 0 Å². The lowest BCUT2D eigenvalue weighted by atomic mass is 9.84. The summed E-state index contributed by atoms with van der Waals surface area (Å²) in [6.45, 7) is 27.5. The second kappa shape index (κ2) is 8.85. The molecule has 0 bridgehead atoms. The van der Waals surface area contributed by atoms with E-state index in [0.717, 1.165) is 12.8 Å². The van der Waals surface area contributed by atoms with Crippen molar-refractivity contribution in [2.45, 2.75) is 107 Å². The number of hydrogen-bond donors (Lipinski definition) is 0. The van der Waals surface area contributed by atoms with Crippen LogP contribution < -0.4 is 0 Å². The molecule has 0 spiro atoms. The van der Waals surface area contributed by atoms with Crippen LogP contribution in [0.25, 0.3) is 12.2 Å². The Balaban J connectivity index is 0.000000191. The van der Waals surface area contributed by atoms with Crippen molar-refractivity contribution in [2.24, 2.45) is 10.8 Å². The molecule has 0 atom stereocenters. The molecule has 2 aliphatic rings. The maximum absolute atomic E-state index is 2.39. The van der Waals surface area contributed by atoms with Crippen LogP contribution in [0.5, 0.6) is 0 Å². The molecule has 184 valence electrons. The molecule has 0 nitrogen and oxygen atoms in total. The SMILES string of the molecule is CC(C)(C)C1=Cc2cc(C(C)(C)C)ccc2C1.CC(C)(C)C1=Cc2ccc(C(C)(C)C)cc2C1. The molecule has 0 aromatic heterocycles. The minimum atomic E-state index is 0.243. The first-order valence-electron chi connectivity index (χ1n) is 13.0. The summed E-state index contributed by atoms with van der Waals surface area (Å²) in [5.41, 5.74) is 12.9. The van der Waals surface area contributed by atoms with Crippen LogP contribution in [0.1, 0.15) is 116 Å². The van der Waals surface area contributed by atoms with E-state index >= 15 is 0 Å². The molecule has 0 heteroatoms. The van der Waals surface area contributed by atoms with Gasteiger partial charge in [-0.2, -0.15) is 0 Å². The van der Waals surface area contributed by atoms with E-state index in [-0.39, 0.29) is 10.8 Å². The van der Waals surface area contributed by atoms with Crippen LogP contribution in [0.4, 0.5) is 0 Å². The van der Waals surface area contributed by atoms with E-state index in [9.17, 15) is 0 Å². The highest BCUT2D eigenvalue weighted by Crippen LogP contribution is 2.39. The Morgan fingerprint density at radius 2 is 0.882 bits per heavy atom. The molecule has 0 unspecified atom stereocenters. The van der Waals surface area contributed by atoms with E-state index in [0.29, 0.717) is 10.8 Å². The molecule has 0 saturated carbocycles. The van der Waals surface area contributed by atoms with Crippen molar-refractivity contribution in [1.82, 2.24) is 0 Å². The second-order valence-corrected chi connectivity index (χ2v) is 14.5. The van der Waals surface area contributed by atoms with E-state index in [1.54, 1.807) is 11.1 Å². The van der Waals surface area contributed by atoms with Gasteiger partial charge in [-0.05, 0) is 67.9 Å². The summed E-state index contributed by atoms with van der Waals surface area (Å²) in [7, 11) is 0. The summed E-state index contributed by atoms with van der Waals surface area (Å²) in [4.78, 5) is 0. The van der Waals surface area contributed by atoms with Crippen LogP contribution in [0.15, 0.2) is 47.5 Å². The molecule has 0 saturated heterocycles. The zero-order valence-electron chi connectivity index (χ0n) is 24.0. The van der Waals surface area contributed by atoms with Gasteiger partial charge >= 0.3 is 0 Å². The fourth-order valence-corrected chi connectivity index (χ4v) is 4.57. The van der Waals surface area contributed by atoms with Gasteiger partial charge in [-0.15, -0.1) is 0 Å². The molecule has 0 radical (unpaired) electrons. The molecule has 2 aliphatic carbocycles. The Morgan fingerprint density at radius 1 is 0.441 bits per heavy atom. The van der Waals surface area contributed by atoms with Crippen molar-refractivity contribution in [2.75, 3.05) is 0 Å². The molecule has 0 N–H and O–H groups in total. The van der Waals surface area contributed by atoms with E-state index in [1.807, 2.05) is 0 Å². The third-order valence-corrected chi connectivity index (χ3v) is 7.37. The first kappa shape index (κ1) is 26.5. The zero-order valence-corrected chi connectivity index (χ0v) is 24.0. The standard InChI is InChI=1S/2C17H24/c2*1-16(2,3)14-8-7-12-9-15(17(4,5)6)11-13(12)10-14/h7-8,10-11H,9H2,1-6H3;7-10H,11H2,1-6H3. The molecular formula is C34H48. The molecule has 0 amide bonds. The summed E-state index contributed by atoms with van der Waals surface area (Å²) in [5.74, 6) is 0. The van der Waals surface area contributed by atoms with Gasteiger partial charge in [0.1, 0.15) is 0 Å². The number of benzene rings is 2. The van der Waals surface area contributed by atoms with Crippen molar-refractivity contribution in [3.8, 4) is 0 Å². The molecule has 0 fully saturated rings. The minimum Gasteiger partial charge on any atom is -0.0598 e. The first-order chi connectivity index (χ1) is 15.4. The van der Waals surface area contributed by atoms with Crippen molar-refractivity contribution in [3.63, 3.8) is 0 Å². The van der Waals surface area contributed by atoms with E-state index in [1.165, 1.54) is 33.4 Å². The van der Waals surface area contributed by atoms with Gasteiger partial charge in [0.25, 0.3) is 0 Å². The van der Waals surface area contributed by atoms with Gasteiger partial charge in [0, 0.05) is 0 Å². The Morgan fingerprint density at radius 3 is 1.38 bits per heavy atom. The fraction of sp³-hybridized carbons (Fsp3) is 0.529. The second-order valence-electron chi connectivity index (χ2n) is 14.5. The Hall–Kier alpha value is -2.08. The highest BCUT2D eigenvalue weighted by molar-refractivity contribution is 5.66. The number of hydrogen-bond acceptors (Lipinski definition) is 0. The van der Waals surface area contributed by atoms with Gasteiger partial charge in [-0.1, -0.05) is 143 Å². The highest BCUT2D eigenvalue weighted by atomic mass is 14.3. The Bertz CT molecular complexity index is 1110. The number of fused-ring (bicyclic) bond motifs is 2. The number of rotatable bonds is 0. The number of allylic oxidation sites excluding steroid dienone is 2. The van der Waals surface area contributed by atoms with E-state index in [2.05, 4.69) is 132 Å². The summed E-state index contributed by atoms with van der Waals surface area (Å²) >= 11 is 0. The summed E-state index contributed by atoms with van der Waals surface area (Å²) in [5, 5.41) is 0. The van der Waals surface area contributed by atoms with Crippen LogP contribution in [-0.2, 0) is 23.7 Å². The largest absolute Gasteiger partial charge is 0.0598 e. The maximum Gasteiger partial charge on any atom is -0.00525 e. The van der Waals surface area contributed by atoms with Gasteiger partial charge in [0.05, 0.1) is 0 Å². The quantitative estimate of drug-likeness (QED) is 0.370. The Kier molecular flexibility index (Phi) is 6.91. The van der Waals surface area contributed by atoms with E-state index in [4.69, 9.17) is 0 Å². The normalized spacial score (nSPS) is 15.8. The lowest BCUT2D eigenvalue weighted by Gasteiger charge is -2.21. The molecule has 0 heterocycles. The van der Waals surface area contributed by atoms with Crippen molar-refractivity contribution in [3.05, 3.63) is 80.9 Å². The molecule has 2 aromatic rings. The van der Waals surface area contributed by atoms with Crippen LogP contribution >= 0.6 is 0 Å². The topological polar surface area (TPSA) is 0 Å². The Labute approximate surface area is 210 Å². The average molecular weight is 457 g/mol. The van der Waals surface area contributed by atoms with Crippen LogP contribution in [0, 0.1) is 10.8 Å². The summed E-state index contributed by atoms with van der Waals surface area (Å²) in [6.07, 6.45) is 7.03. The van der Waals surface area contributed by atoms with Gasteiger partial charge in [-0.25, -0.2) is 0 Å². The molecule has 2 aromatic carbocycles. The van der Waals surface area contributed by atoms with E-state index < -0.39 is 0 Å². The molecule has 0 aliphatic heterocycles. The lowest BCUT2D eigenvalue weighted by Crippen LogP contribution is -2.12. The van der Waals surface area contributed by atoms with Crippen LogP contribution in [0.3, 0.4) is 0 Å². The van der Waals surface area contributed by atoms with Gasteiger partial charge in [0.15, 0.2) is 0 Å². The maximum atomic E-state index is 2.39. The molecule has 34 heavy (non-hydrogen) atoms. The zero-order chi connectivity index (χ0) is 25.7. The third kappa shape index (κ3) is 6.12. The minimum absolute atomic E-state index is 0.243. The predicted molar refractivity (Wildman–Crippen MR) is 153 cm³/mol. The van der Waals surface area contributed by atoms with Crippen molar-refractivity contribution >= 4 is 12.2 Å². The molecular weight excluding hydrogens is 408 g/mol. The van der Waals surface area contributed by atoms with Crippen molar-refractivity contribution in [1.29, 1.82) is 0 Å². The summed E-state index contributed by atoms with van der Waals surface area (Å²) < 4.78 is 0. The van der Waals surface area contributed by atoms with Gasteiger partial charge < -0.3 is 0 Å². The van der Waals surface area contributed by atoms with Crippen LogP contribution in [-0.4, -0.2) is 0 Å². The lowest BCUT2D eigenvalue weighted by molar-refractivity contribution is 0.498.